The molecule has 10 nitrogen and oxygen atoms in total. The average Bonchev–Trinajstić information content (AvgIpc) is 2.64. The minimum absolute atomic E-state index is 0.143. The molecule has 5 N–H and O–H groups in total. The maximum atomic E-state index is 12.4. The first-order chi connectivity index (χ1) is 12.6. The second kappa shape index (κ2) is 8.33. The zero-order valence-corrected chi connectivity index (χ0v) is 15.7. The normalized spacial score (nSPS) is 15.3. The Morgan fingerprint density at radius 2 is 1.74 bits per heavy atom. The van der Waals surface area contributed by atoms with Gasteiger partial charge in [-0.25, -0.2) is 8.42 Å². The molecule has 0 bridgehead atoms. The number of hydrogen-bond donors (Lipinski definition) is 5. The highest BCUT2D eigenvalue weighted by Gasteiger charge is 2.38. The Labute approximate surface area is 159 Å². The van der Waals surface area contributed by atoms with Crippen molar-refractivity contribution in [1.29, 1.82) is 0 Å². The molecule has 12 heteroatoms. The van der Waals surface area contributed by atoms with Crippen molar-refractivity contribution in [1.82, 2.24) is 4.72 Å². The van der Waals surface area contributed by atoms with Crippen LogP contribution in [0, 0.1) is 0 Å². The Balaban J connectivity index is 2.31. The molecule has 2 atom stereocenters. The molecule has 2 rings (SSSR count). The highest BCUT2D eigenvalue weighted by molar-refractivity contribution is 7.89. The van der Waals surface area contributed by atoms with Gasteiger partial charge in [-0.05, 0) is 30.7 Å². The number of aliphatic hydroxyl groups excluding tert-OH is 2. The van der Waals surface area contributed by atoms with E-state index >= 15 is 0 Å². The highest BCUT2D eigenvalue weighted by atomic mass is 35.5. The summed E-state index contributed by atoms with van der Waals surface area (Å²) in [6, 6.07) is 6.62. The van der Waals surface area contributed by atoms with E-state index in [0.29, 0.717) is 0 Å². The van der Waals surface area contributed by atoms with E-state index in [0.717, 1.165) is 0 Å². The lowest BCUT2D eigenvalue weighted by Crippen LogP contribution is -2.55. The fraction of sp³-hybridized carbons (Fsp3) is 0.333. The molecule has 0 aliphatic carbocycles. The first kappa shape index (κ1) is 21.3. The van der Waals surface area contributed by atoms with Crippen molar-refractivity contribution in [2.75, 3.05) is 24.0 Å². The molecule has 0 amide bonds. The van der Waals surface area contributed by atoms with Gasteiger partial charge in [0.15, 0.2) is 0 Å². The lowest BCUT2D eigenvalue weighted by Gasteiger charge is -2.30. The van der Waals surface area contributed by atoms with Gasteiger partial charge in [-0.15, -0.1) is 4.72 Å². The van der Waals surface area contributed by atoms with Crippen LogP contribution in [0.4, 0.5) is 11.4 Å². The van der Waals surface area contributed by atoms with Gasteiger partial charge in [0.05, 0.1) is 11.5 Å². The van der Waals surface area contributed by atoms with Crippen LogP contribution in [0.25, 0.3) is 0 Å². The fourth-order valence-corrected chi connectivity index (χ4v) is 3.65. The van der Waals surface area contributed by atoms with E-state index in [9.17, 15) is 18.0 Å². The van der Waals surface area contributed by atoms with E-state index in [2.05, 4.69) is 10.6 Å². The third kappa shape index (κ3) is 4.83. The van der Waals surface area contributed by atoms with Crippen molar-refractivity contribution in [3.63, 3.8) is 0 Å². The lowest BCUT2D eigenvalue weighted by molar-refractivity contribution is -0.0642. The third-order valence-electron chi connectivity index (χ3n) is 3.44. The number of alkyl halides is 1. The molecule has 148 valence electrons. The van der Waals surface area contributed by atoms with Crippen LogP contribution in [-0.4, -0.2) is 43.4 Å². The predicted molar refractivity (Wildman–Crippen MR) is 98.7 cm³/mol. The topological polar surface area (TPSA) is 154 Å². The molecule has 0 saturated heterocycles. The largest absolute Gasteiger partial charge is 0.394 e. The first-order valence-electron chi connectivity index (χ1n) is 7.65. The Morgan fingerprint density at radius 1 is 1.15 bits per heavy atom. The number of anilines is 2. The Morgan fingerprint density at radius 3 is 2.30 bits per heavy atom. The molecule has 0 aliphatic rings. The molecule has 2 aromatic carbocycles. The lowest BCUT2D eigenvalue weighted by atomic mass is 10.1. The SMILES string of the molecule is C[C@H](CO)Nc1c(N[C@@](Cl)(NS(=O)(=O)c2ccccc2)OCO)c(=O)c1=O. The van der Waals surface area contributed by atoms with E-state index in [4.69, 9.17) is 26.6 Å². The second-order valence-corrected chi connectivity index (χ2v) is 7.76. The van der Waals surface area contributed by atoms with Gasteiger partial charge in [0.2, 0.25) is 10.0 Å². The van der Waals surface area contributed by atoms with Crippen LogP contribution < -0.4 is 26.2 Å². The van der Waals surface area contributed by atoms with Crippen molar-refractivity contribution in [3.8, 4) is 0 Å². The van der Waals surface area contributed by atoms with Gasteiger partial charge < -0.3 is 25.6 Å². The standard InChI is InChI=1S/C15H18ClN3O7S/c1-9(7-20)17-11-12(14(23)13(11)22)18-15(16,26-8-21)19-27(24,25)10-5-3-2-4-6-10/h2-6,9,17-21H,7-8H2,1H3/t9-,15+/m1/s1. The van der Waals surface area contributed by atoms with Crippen molar-refractivity contribution in [2.24, 2.45) is 0 Å². The number of nitrogens with one attached hydrogen (secondary N) is 3. The molecule has 0 fully saturated rings. The van der Waals surface area contributed by atoms with Crippen molar-refractivity contribution >= 4 is 33.0 Å². The number of rotatable bonds is 10. The van der Waals surface area contributed by atoms with Gasteiger partial charge in [-0.2, -0.15) is 0 Å². The zero-order chi connectivity index (χ0) is 20.2. The van der Waals surface area contributed by atoms with Crippen LogP contribution >= 0.6 is 11.6 Å². The summed E-state index contributed by atoms with van der Waals surface area (Å²) >= 11 is 6.07. The average molecular weight is 420 g/mol. The third-order valence-corrected chi connectivity index (χ3v) is 5.30. The smallest absolute Gasteiger partial charge is 0.293 e. The Bertz CT molecular complexity index is 960. The number of benzene rings is 1. The van der Waals surface area contributed by atoms with E-state index in [1.165, 1.54) is 24.3 Å². The number of ether oxygens (including phenoxy) is 1. The molecule has 0 spiro atoms. The number of halogens is 1. The predicted octanol–water partition coefficient (Wildman–Crippen LogP) is -0.718. The number of hydrogen-bond acceptors (Lipinski definition) is 9. The monoisotopic (exact) mass is 419 g/mol. The van der Waals surface area contributed by atoms with Gasteiger partial charge in [-0.1, -0.05) is 18.2 Å². The maximum absolute atomic E-state index is 12.4. The highest BCUT2D eigenvalue weighted by Crippen LogP contribution is 2.24. The summed E-state index contributed by atoms with van der Waals surface area (Å²) in [4.78, 5) is 23.4. The molecular weight excluding hydrogens is 402 g/mol. The summed E-state index contributed by atoms with van der Waals surface area (Å²) in [6.45, 7) is 0.230. The van der Waals surface area contributed by atoms with Gasteiger partial charge in [0, 0.05) is 6.04 Å². The summed E-state index contributed by atoms with van der Waals surface area (Å²) in [6.07, 6.45) is 0. The maximum Gasteiger partial charge on any atom is 0.293 e. The van der Waals surface area contributed by atoms with Crippen molar-refractivity contribution < 1.29 is 23.4 Å². The van der Waals surface area contributed by atoms with Crippen molar-refractivity contribution in [2.45, 2.75) is 23.2 Å². The molecule has 0 aliphatic heterocycles. The Kier molecular flexibility index (Phi) is 6.57. The van der Waals surface area contributed by atoms with Gasteiger partial charge in [0.1, 0.15) is 18.2 Å². The summed E-state index contributed by atoms with van der Waals surface area (Å²) in [7, 11) is -4.21. The molecular formula is C15H18ClN3O7S. The van der Waals surface area contributed by atoms with E-state index in [1.54, 1.807) is 13.0 Å². The number of aliphatic hydroxyl groups is 2. The van der Waals surface area contributed by atoms with Gasteiger partial charge in [0.25, 0.3) is 16.2 Å². The Hall–Kier alpha value is -2.02. The van der Waals surface area contributed by atoms with Crippen LogP contribution in [0.1, 0.15) is 6.92 Å². The molecule has 0 unspecified atom stereocenters. The van der Waals surface area contributed by atoms with Crippen molar-refractivity contribution in [3.05, 3.63) is 50.8 Å². The molecule has 27 heavy (non-hydrogen) atoms. The van der Waals surface area contributed by atoms with Crippen LogP contribution in [0.2, 0.25) is 0 Å². The summed E-state index contributed by atoms with van der Waals surface area (Å²) in [5.74, 6) is 0. The molecule has 0 heterocycles. The van der Waals surface area contributed by atoms with Crippen LogP contribution in [0.5, 0.6) is 0 Å². The van der Waals surface area contributed by atoms with E-state index in [1.807, 2.05) is 4.72 Å². The molecule has 2 aromatic rings. The molecule has 0 radical (unpaired) electrons. The summed E-state index contributed by atoms with van der Waals surface area (Å²) < 4.78 is 31.7. The second-order valence-electron chi connectivity index (χ2n) is 5.55. The first-order valence-corrected chi connectivity index (χ1v) is 9.51. The zero-order valence-electron chi connectivity index (χ0n) is 14.1. The van der Waals surface area contributed by atoms with Gasteiger partial charge in [-0.3, -0.25) is 9.59 Å². The van der Waals surface area contributed by atoms with E-state index in [-0.39, 0.29) is 22.9 Å². The molecule has 0 saturated carbocycles. The summed E-state index contributed by atoms with van der Waals surface area (Å²) in [5, 5.41) is 20.5. The van der Waals surface area contributed by atoms with E-state index < -0.39 is 39.0 Å². The fourth-order valence-electron chi connectivity index (χ4n) is 2.11. The quantitative estimate of drug-likeness (QED) is 0.145. The molecule has 0 aromatic heterocycles. The van der Waals surface area contributed by atoms with Crippen LogP contribution in [-0.2, 0) is 14.8 Å². The van der Waals surface area contributed by atoms with Crippen LogP contribution in [0.3, 0.4) is 0 Å². The summed E-state index contributed by atoms with van der Waals surface area (Å²) in [5.41, 5.74) is -2.37. The van der Waals surface area contributed by atoms with Gasteiger partial charge >= 0.3 is 0 Å². The number of sulfonamides is 1. The minimum atomic E-state index is -4.21. The van der Waals surface area contributed by atoms with Crippen LogP contribution in [0.15, 0.2) is 44.8 Å². The minimum Gasteiger partial charge on any atom is -0.394 e.